The van der Waals surface area contributed by atoms with Gasteiger partial charge in [-0.2, -0.15) is 0 Å². The van der Waals surface area contributed by atoms with E-state index in [9.17, 15) is 0 Å². The Labute approximate surface area is 92.6 Å². The third kappa shape index (κ3) is 1.75. The number of thiophene rings is 1. The van der Waals surface area contributed by atoms with Crippen molar-refractivity contribution in [3.8, 4) is 0 Å². The first-order valence-corrected chi connectivity index (χ1v) is 6.15. The third-order valence-electron chi connectivity index (χ3n) is 2.96. The van der Waals surface area contributed by atoms with Gasteiger partial charge in [-0.1, -0.05) is 0 Å². The van der Waals surface area contributed by atoms with Gasteiger partial charge in [0.1, 0.15) is 11.2 Å². The molecule has 0 unspecified atom stereocenters. The smallest absolute Gasteiger partial charge is 0.126 e. The molecule has 0 atom stereocenters. The molecular weight excluding hydrogens is 206 g/mol. The van der Waals surface area contributed by atoms with E-state index in [4.69, 9.17) is 0 Å². The van der Waals surface area contributed by atoms with Gasteiger partial charge in [-0.3, -0.25) is 0 Å². The Kier molecular flexibility index (Phi) is 2.38. The molecular formula is C11H13N3S. The van der Waals surface area contributed by atoms with Crippen LogP contribution in [0.15, 0.2) is 18.6 Å². The molecule has 1 aliphatic rings. The van der Waals surface area contributed by atoms with Crippen LogP contribution in [0.4, 0.5) is 0 Å². The first kappa shape index (κ1) is 9.24. The number of hydrogen-bond acceptors (Lipinski definition) is 4. The van der Waals surface area contributed by atoms with Crippen molar-refractivity contribution in [3.63, 3.8) is 0 Å². The number of nitrogens with zero attached hydrogens (tertiary/aromatic N) is 2. The summed E-state index contributed by atoms with van der Waals surface area (Å²) in [4.78, 5) is 10.9. The molecule has 1 N–H and O–H groups in total. The van der Waals surface area contributed by atoms with E-state index < -0.39 is 0 Å². The average molecular weight is 219 g/mol. The highest BCUT2D eigenvalue weighted by Crippen LogP contribution is 2.33. The lowest BCUT2D eigenvalue weighted by Gasteiger charge is -2.21. The Balaban J connectivity index is 1.96. The van der Waals surface area contributed by atoms with Crippen molar-refractivity contribution < 1.29 is 0 Å². The largest absolute Gasteiger partial charge is 0.317 e. The molecule has 1 aliphatic heterocycles. The zero-order valence-corrected chi connectivity index (χ0v) is 9.26. The normalized spacial score (nSPS) is 18.4. The summed E-state index contributed by atoms with van der Waals surface area (Å²) in [6.07, 6.45) is 6.04. The predicted octanol–water partition coefficient (Wildman–Crippen LogP) is 2.16. The summed E-state index contributed by atoms with van der Waals surface area (Å²) in [6.45, 7) is 2.29. The van der Waals surface area contributed by atoms with Crippen molar-refractivity contribution in [3.05, 3.63) is 23.5 Å². The van der Waals surface area contributed by atoms with Crippen molar-refractivity contribution in [2.75, 3.05) is 13.1 Å². The summed E-state index contributed by atoms with van der Waals surface area (Å²) in [5, 5.41) is 4.59. The predicted molar refractivity (Wildman–Crippen MR) is 62.3 cm³/mol. The number of aromatic nitrogens is 2. The lowest BCUT2D eigenvalue weighted by molar-refractivity contribution is 0.465. The van der Waals surface area contributed by atoms with Crippen molar-refractivity contribution in [1.82, 2.24) is 15.3 Å². The number of hydrogen-bond donors (Lipinski definition) is 1. The zero-order valence-electron chi connectivity index (χ0n) is 8.44. The average Bonchev–Trinajstić information content (AvgIpc) is 2.74. The molecule has 0 aromatic carbocycles. The topological polar surface area (TPSA) is 37.8 Å². The van der Waals surface area contributed by atoms with Gasteiger partial charge in [0.2, 0.25) is 0 Å². The van der Waals surface area contributed by atoms with E-state index in [-0.39, 0.29) is 0 Å². The van der Waals surface area contributed by atoms with Crippen LogP contribution in [-0.4, -0.2) is 23.1 Å². The molecule has 0 saturated carbocycles. The first-order valence-electron chi connectivity index (χ1n) is 5.33. The molecule has 3 heterocycles. The van der Waals surface area contributed by atoms with Crippen LogP contribution in [0, 0.1) is 0 Å². The summed E-state index contributed by atoms with van der Waals surface area (Å²) in [6, 6.07) is 2.26. The molecule has 1 fully saturated rings. The Bertz CT molecular complexity index is 427. The highest BCUT2D eigenvalue weighted by Gasteiger charge is 2.17. The maximum absolute atomic E-state index is 4.29. The van der Waals surface area contributed by atoms with Crippen molar-refractivity contribution in [2.24, 2.45) is 0 Å². The van der Waals surface area contributed by atoms with Gasteiger partial charge in [-0.15, -0.1) is 11.3 Å². The minimum absolute atomic E-state index is 0.727. The highest BCUT2D eigenvalue weighted by molar-refractivity contribution is 7.18. The molecule has 0 bridgehead atoms. The Morgan fingerprint density at radius 1 is 1.33 bits per heavy atom. The molecule has 78 valence electrons. The standard InChI is InChI=1S/C11H13N3S/c1-3-12-4-2-8(1)10-5-9-6-13-7-14-11(9)15-10/h5-8,12H,1-4H2. The maximum Gasteiger partial charge on any atom is 0.126 e. The van der Waals surface area contributed by atoms with E-state index in [1.54, 1.807) is 6.33 Å². The number of rotatable bonds is 1. The van der Waals surface area contributed by atoms with Gasteiger partial charge in [0.25, 0.3) is 0 Å². The third-order valence-corrected chi connectivity index (χ3v) is 4.18. The minimum atomic E-state index is 0.727. The van der Waals surface area contributed by atoms with Crippen LogP contribution in [0.5, 0.6) is 0 Å². The van der Waals surface area contributed by atoms with Gasteiger partial charge in [-0.25, -0.2) is 9.97 Å². The van der Waals surface area contributed by atoms with Crippen LogP contribution in [0.3, 0.4) is 0 Å². The highest BCUT2D eigenvalue weighted by atomic mass is 32.1. The second-order valence-electron chi connectivity index (χ2n) is 3.96. The number of nitrogens with one attached hydrogen (secondary N) is 1. The SMILES string of the molecule is c1ncc2cc(C3CCNCC3)sc2n1. The summed E-state index contributed by atoms with van der Waals surface area (Å²) in [7, 11) is 0. The van der Waals surface area contributed by atoms with Gasteiger partial charge < -0.3 is 5.32 Å². The first-order chi connectivity index (χ1) is 7.43. The fraction of sp³-hybridized carbons (Fsp3) is 0.455. The fourth-order valence-corrected chi connectivity index (χ4v) is 3.26. The molecule has 3 rings (SSSR count). The van der Waals surface area contributed by atoms with Crippen molar-refractivity contribution >= 4 is 21.6 Å². The molecule has 4 heteroatoms. The van der Waals surface area contributed by atoms with Crippen LogP contribution >= 0.6 is 11.3 Å². The second-order valence-corrected chi connectivity index (χ2v) is 5.02. The molecule has 0 spiro atoms. The summed E-state index contributed by atoms with van der Waals surface area (Å²) in [5.41, 5.74) is 0. The molecule has 0 amide bonds. The minimum Gasteiger partial charge on any atom is -0.317 e. The van der Waals surface area contributed by atoms with Crippen LogP contribution in [-0.2, 0) is 0 Å². The van der Waals surface area contributed by atoms with Gasteiger partial charge in [0.15, 0.2) is 0 Å². The summed E-state index contributed by atoms with van der Waals surface area (Å²) in [5.74, 6) is 0.727. The maximum atomic E-state index is 4.29. The molecule has 0 radical (unpaired) electrons. The van der Waals surface area contributed by atoms with Gasteiger partial charge in [0, 0.05) is 16.5 Å². The monoisotopic (exact) mass is 219 g/mol. The van der Waals surface area contributed by atoms with Crippen molar-refractivity contribution in [1.29, 1.82) is 0 Å². The van der Waals surface area contributed by atoms with Crippen LogP contribution in [0.25, 0.3) is 10.2 Å². The lowest BCUT2D eigenvalue weighted by Crippen LogP contribution is -2.26. The van der Waals surface area contributed by atoms with E-state index in [1.807, 2.05) is 17.5 Å². The molecule has 2 aromatic heterocycles. The van der Waals surface area contributed by atoms with Gasteiger partial charge >= 0.3 is 0 Å². The van der Waals surface area contributed by atoms with Gasteiger partial charge in [-0.05, 0) is 37.9 Å². The Hall–Kier alpha value is -1.00. The van der Waals surface area contributed by atoms with E-state index in [0.717, 1.165) is 23.8 Å². The van der Waals surface area contributed by atoms with E-state index in [0.29, 0.717) is 0 Å². The van der Waals surface area contributed by atoms with Crippen molar-refractivity contribution in [2.45, 2.75) is 18.8 Å². The molecule has 15 heavy (non-hydrogen) atoms. The van der Waals surface area contributed by atoms with Crippen LogP contribution in [0.2, 0.25) is 0 Å². The number of fused-ring (bicyclic) bond motifs is 1. The van der Waals surface area contributed by atoms with E-state index in [2.05, 4.69) is 21.4 Å². The van der Waals surface area contributed by atoms with E-state index >= 15 is 0 Å². The fourth-order valence-electron chi connectivity index (χ4n) is 2.12. The summed E-state index contributed by atoms with van der Waals surface area (Å²) < 4.78 is 0. The Morgan fingerprint density at radius 2 is 2.20 bits per heavy atom. The van der Waals surface area contributed by atoms with E-state index in [1.165, 1.54) is 23.1 Å². The van der Waals surface area contributed by atoms with Gasteiger partial charge in [0.05, 0.1) is 0 Å². The molecule has 3 nitrogen and oxygen atoms in total. The number of piperidine rings is 1. The zero-order chi connectivity index (χ0) is 10.1. The quantitative estimate of drug-likeness (QED) is 0.798. The Morgan fingerprint density at radius 3 is 3.00 bits per heavy atom. The van der Waals surface area contributed by atoms with Crippen LogP contribution in [0.1, 0.15) is 23.6 Å². The molecule has 0 aliphatic carbocycles. The summed E-state index contributed by atoms with van der Waals surface area (Å²) >= 11 is 1.82. The second kappa shape index (κ2) is 3.87. The lowest BCUT2D eigenvalue weighted by atomic mass is 9.96. The molecule has 1 saturated heterocycles. The van der Waals surface area contributed by atoms with Crippen LogP contribution < -0.4 is 5.32 Å². The molecule has 2 aromatic rings.